The van der Waals surface area contributed by atoms with Crippen LogP contribution in [0.5, 0.6) is 11.5 Å². The Kier molecular flexibility index (Phi) is 4.77. The molecular weight excluding hydrogens is 390 g/mol. The number of nitrogens with one attached hydrogen (secondary N) is 1. The lowest BCUT2D eigenvalue weighted by atomic mass is 9.68. The third-order valence-electron chi connectivity index (χ3n) is 6.38. The highest BCUT2D eigenvalue weighted by Crippen LogP contribution is 2.45. The maximum absolute atomic E-state index is 9.56. The summed E-state index contributed by atoms with van der Waals surface area (Å²) in [6.45, 7) is 0. The summed E-state index contributed by atoms with van der Waals surface area (Å²) in [7, 11) is 3.30. The van der Waals surface area contributed by atoms with Crippen molar-refractivity contribution in [1.29, 1.82) is 0 Å². The van der Waals surface area contributed by atoms with E-state index in [0.29, 0.717) is 29.5 Å². The Bertz CT molecular complexity index is 1160. The first kappa shape index (κ1) is 19.4. The molecule has 2 aliphatic carbocycles. The number of H-pyrrole nitrogens is 1. The van der Waals surface area contributed by atoms with Crippen molar-refractivity contribution in [3.8, 4) is 11.5 Å². The normalized spacial score (nSPS) is 20.4. The smallest absolute Gasteiger partial charge is 0.161 e. The number of allylic oxidation sites excluding steroid dienone is 1. The summed E-state index contributed by atoms with van der Waals surface area (Å²) in [5.74, 6) is 1.70. The Hall–Kier alpha value is -3.54. The van der Waals surface area contributed by atoms with Crippen LogP contribution in [0, 0.1) is 5.92 Å². The first-order valence-electron chi connectivity index (χ1n) is 10.5. The Morgan fingerprint density at radius 1 is 1.06 bits per heavy atom. The number of hydrogen-bond donors (Lipinski definition) is 2. The number of aromatic nitrogens is 2. The van der Waals surface area contributed by atoms with Crippen LogP contribution in [0.1, 0.15) is 40.9 Å². The van der Waals surface area contributed by atoms with E-state index in [2.05, 4.69) is 57.8 Å². The van der Waals surface area contributed by atoms with E-state index in [1.165, 1.54) is 5.56 Å². The van der Waals surface area contributed by atoms with E-state index in [1.54, 1.807) is 14.2 Å². The van der Waals surface area contributed by atoms with Crippen molar-refractivity contribution < 1.29 is 14.7 Å². The van der Waals surface area contributed by atoms with Crippen LogP contribution in [0.25, 0.3) is 6.08 Å². The molecule has 158 valence electrons. The predicted octanol–water partition coefficient (Wildman–Crippen LogP) is 4.57. The van der Waals surface area contributed by atoms with Crippen LogP contribution in [0.3, 0.4) is 0 Å². The van der Waals surface area contributed by atoms with Gasteiger partial charge in [-0.3, -0.25) is 5.10 Å². The largest absolute Gasteiger partial charge is 0.493 e. The molecule has 1 heterocycles. The Morgan fingerprint density at radius 2 is 1.84 bits per heavy atom. The first-order chi connectivity index (χ1) is 15.2. The van der Waals surface area contributed by atoms with Gasteiger partial charge in [0.2, 0.25) is 0 Å². The summed E-state index contributed by atoms with van der Waals surface area (Å²) < 4.78 is 11.0. The van der Waals surface area contributed by atoms with Gasteiger partial charge in [0.25, 0.3) is 0 Å². The van der Waals surface area contributed by atoms with Gasteiger partial charge in [-0.05, 0) is 36.1 Å². The van der Waals surface area contributed by atoms with Crippen LogP contribution in [-0.2, 0) is 11.8 Å². The zero-order valence-electron chi connectivity index (χ0n) is 17.6. The maximum Gasteiger partial charge on any atom is 0.161 e. The third kappa shape index (κ3) is 3.19. The van der Waals surface area contributed by atoms with Crippen LogP contribution in [0.4, 0.5) is 0 Å². The summed E-state index contributed by atoms with van der Waals surface area (Å²) in [6, 6.07) is 16.5. The molecule has 1 atom stereocenters. The van der Waals surface area contributed by atoms with Gasteiger partial charge >= 0.3 is 0 Å². The number of methoxy groups -OCH3 is 2. The van der Waals surface area contributed by atoms with Crippen LogP contribution in [0.2, 0.25) is 0 Å². The molecule has 0 amide bonds. The molecule has 0 radical (unpaired) electrons. The van der Waals surface area contributed by atoms with Gasteiger partial charge in [-0.1, -0.05) is 53.7 Å². The van der Waals surface area contributed by atoms with Gasteiger partial charge in [0.05, 0.1) is 14.2 Å². The van der Waals surface area contributed by atoms with E-state index < -0.39 is 5.41 Å². The van der Waals surface area contributed by atoms with Crippen molar-refractivity contribution in [3.05, 3.63) is 82.7 Å². The van der Waals surface area contributed by atoms with Gasteiger partial charge in [-0.2, -0.15) is 5.10 Å². The van der Waals surface area contributed by atoms with Crippen molar-refractivity contribution >= 4 is 11.8 Å². The monoisotopic (exact) mass is 415 g/mol. The van der Waals surface area contributed by atoms with Gasteiger partial charge in [0.1, 0.15) is 11.4 Å². The number of ether oxygens (including phenoxy) is 2. The second-order valence-electron chi connectivity index (χ2n) is 8.14. The quantitative estimate of drug-likeness (QED) is 0.351. The van der Waals surface area contributed by atoms with Crippen molar-refractivity contribution in [3.63, 3.8) is 0 Å². The number of hydrogen-bond acceptors (Lipinski definition) is 5. The van der Waals surface area contributed by atoms with Gasteiger partial charge in [0.15, 0.2) is 11.5 Å². The van der Waals surface area contributed by atoms with Crippen molar-refractivity contribution in [2.45, 2.75) is 24.7 Å². The van der Waals surface area contributed by atoms with Gasteiger partial charge in [-0.15, -0.1) is 0 Å². The van der Waals surface area contributed by atoms with E-state index in [4.69, 9.17) is 9.47 Å². The number of fused-ring (bicyclic) bond motifs is 1. The van der Waals surface area contributed by atoms with E-state index in [0.717, 1.165) is 35.4 Å². The predicted molar refractivity (Wildman–Crippen MR) is 119 cm³/mol. The van der Waals surface area contributed by atoms with E-state index >= 15 is 0 Å². The molecule has 6 heteroatoms. The molecule has 6 nitrogen and oxygen atoms in total. The Labute approximate surface area is 181 Å². The van der Waals surface area contributed by atoms with Crippen LogP contribution in [0.15, 0.2) is 59.8 Å². The third-order valence-corrected chi connectivity index (χ3v) is 6.38. The van der Waals surface area contributed by atoms with E-state index in [9.17, 15) is 5.21 Å². The van der Waals surface area contributed by atoms with Crippen molar-refractivity contribution in [1.82, 2.24) is 10.2 Å². The molecule has 0 bridgehead atoms. The summed E-state index contributed by atoms with van der Waals surface area (Å²) in [5, 5.41) is 20.9. The van der Waals surface area contributed by atoms with Gasteiger partial charge in [0, 0.05) is 29.0 Å². The fourth-order valence-corrected chi connectivity index (χ4v) is 4.55. The minimum atomic E-state index is -0.395. The summed E-state index contributed by atoms with van der Waals surface area (Å²) >= 11 is 0. The molecule has 5 rings (SSSR count). The highest BCUT2D eigenvalue weighted by Gasteiger charge is 2.39. The number of rotatable bonds is 6. The fraction of sp³-hybridized carbons (Fsp3) is 0.280. The minimum Gasteiger partial charge on any atom is -0.493 e. The topological polar surface area (TPSA) is 79.7 Å². The molecule has 1 saturated carbocycles. The summed E-state index contributed by atoms with van der Waals surface area (Å²) in [6.07, 6.45) is 7.13. The summed E-state index contributed by atoms with van der Waals surface area (Å²) in [5.41, 5.74) is 5.36. The molecule has 0 aliphatic heterocycles. The zero-order chi connectivity index (χ0) is 21.4. The van der Waals surface area contributed by atoms with Crippen LogP contribution < -0.4 is 9.47 Å². The maximum atomic E-state index is 9.56. The highest BCUT2D eigenvalue weighted by molar-refractivity contribution is 6.04. The average Bonchev–Trinajstić information content (AvgIpc) is 3.59. The molecule has 1 unspecified atom stereocenters. The van der Waals surface area contributed by atoms with Gasteiger partial charge < -0.3 is 14.7 Å². The molecule has 1 aromatic heterocycles. The lowest BCUT2D eigenvalue weighted by Crippen LogP contribution is -2.30. The molecule has 31 heavy (non-hydrogen) atoms. The van der Waals surface area contributed by atoms with E-state index in [1.807, 2.05) is 18.2 Å². The number of benzene rings is 2. The number of nitrogens with zero attached hydrogens (tertiary/aromatic N) is 2. The molecule has 0 saturated heterocycles. The minimum absolute atomic E-state index is 0.303. The standard InChI is InChI=1S/C25H25N3O3/c1-30-21-11-10-18(14-22(21)31-2)25(17-6-4-3-5-7-17)13-12-19-20(15-25)26-27-24(19)23(28-29)16-8-9-16/h3-7,10-14,16,29H,8-9,15H2,1-2H3,(H,26,27)/b28-23+. The molecule has 1 fully saturated rings. The Morgan fingerprint density at radius 3 is 2.52 bits per heavy atom. The van der Waals surface area contributed by atoms with Crippen LogP contribution >= 0.6 is 0 Å². The highest BCUT2D eigenvalue weighted by atomic mass is 16.5. The first-order valence-corrected chi connectivity index (χ1v) is 10.5. The lowest BCUT2D eigenvalue weighted by molar-refractivity contribution is 0.317. The second kappa shape index (κ2) is 7.61. The Balaban J connectivity index is 1.64. The lowest BCUT2D eigenvalue weighted by Gasteiger charge is -2.35. The molecule has 2 N–H and O–H groups in total. The molecule has 2 aromatic carbocycles. The van der Waals surface area contributed by atoms with Crippen molar-refractivity contribution in [2.75, 3.05) is 14.2 Å². The number of oxime groups is 1. The SMILES string of the molecule is COc1ccc(C2(c3ccccc3)C=Cc3c(/C(=N/O)C4CC4)n[nH]c3C2)cc1OC. The number of aromatic amines is 1. The van der Waals surface area contributed by atoms with Gasteiger partial charge in [-0.25, -0.2) is 0 Å². The zero-order valence-corrected chi connectivity index (χ0v) is 17.6. The molecule has 2 aliphatic rings. The van der Waals surface area contributed by atoms with E-state index in [-0.39, 0.29) is 0 Å². The molecular formula is C25H25N3O3. The summed E-state index contributed by atoms with van der Waals surface area (Å²) in [4.78, 5) is 0. The molecule has 3 aromatic rings. The van der Waals surface area contributed by atoms with Crippen LogP contribution in [-0.4, -0.2) is 35.3 Å². The second-order valence-corrected chi connectivity index (χ2v) is 8.14. The fourth-order valence-electron chi connectivity index (χ4n) is 4.55. The van der Waals surface area contributed by atoms with Crippen molar-refractivity contribution in [2.24, 2.45) is 11.1 Å². The average molecular weight is 415 g/mol. The molecule has 0 spiro atoms.